The highest BCUT2D eigenvalue weighted by Crippen LogP contribution is 2.16. The lowest BCUT2D eigenvalue weighted by atomic mass is 10.1. The monoisotopic (exact) mass is 325 g/mol. The maximum absolute atomic E-state index is 11.9. The van der Waals surface area contributed by atoms with Crippen molar-refractivity contribution in [2.75, 3.05) is 0 Å². The van der Waals surface area contributed by atoms with Crippen LogP contribution in [0.15, 0.2) is 29.5 Å². The van der Waals surface area contributed by atoms with Crippen LogP contribution in [0.5, 0.6) is 0 Å². The minimum atomic E-state index is -0.697. The van der Waals surface area contributed by atoms with Gasteiger partial charge in [0.05, 0.1) is 16.9 Å². The number of hydrogen-bond donors (Lipinski definition) is 1. The molecule has 19 heavy (non-hydrogen) atoms. The third kappa shape index (κ3) is 3.24. The predicted octanol–water partition coefficient (Wildman–Crippen LogP) is 1.01. The summed E-state index contributed by atoms with van der Waals surface area (Å²) >= 11 is 0. The van der Waals surface area contributed by atoms with E-state index in [0.29, 0.717) is 17.2 Å². The van der Waals surface area contributed by atoms with Gasteiger partial charge in [0.15, 0.2) is 0 Å². The van der Waals surface area contributed by atoms with Crippen molar-refractivity contribution in [2.24, 2.45) is 12.8 Å². The van der Waals surface area contributed by atoms with Gasteiger partial charge in [-0.25, -0.2) is 15.0 Å². The molecule has 0 atom stereocenters. The van der Waals surface area contributed by atoms with E-state index in [2.05, 4.69) is 15.0 Å². The summed E-state index contributed by atoms with van der Waals surface area (Å²) in [5, 5.41) is 0. The van der Waals surface area contributed by atoms with Crippen LogP contribution in [-0.4, -0.2) is 19.5 Å². The minimum absolute atomic E-state index is 0. The van der Waals surface area contributed by atoms with Crippen molar-refractivity contribution in [3.63, 3.8) is 0 Å². The molecule has 0 aliphatic carbocycles. The predicted molar refractivity (Wildman–Crippen MR) is 78.0 cm³/mol. The lowest BCUT2D eigenvalue weighted by Crippen LogP contribution is -2.37. The maximum atomic E-state index is 11.9. The average molecular weight is 326 g/mol. The molecule has 0 bridgehead atoms. The molecule has 0 aromatic carbocycles. The van der Waals surface area contributed by atoms with E-state index in [-0.39, 0.29) is 22.5 Å². The first-order valence-electron chi connectivity index (χ1n) is 5.53. The van der Waals surface area contributed by atoms with Gasteiger partial charge in [-0.3, -0.25) is 9.36 Å². The largest absolute Gasteiger partial charge is 0.319 e. The molecule has 0 fully saturated rings. The molecule has 7 heteroatoms. The molecule has 6 nitrogen and oxygen atoms in total. The molecular weight excluding hydrogens is 310 g/mol. The van der Waals surface area contributed by atoms with Gasteiger partial charge in [-0.15, -0.1) is 17.0 Å². The molecular formula is C12H16BrN5O. The number of halogens is 1. The molecule has 2 aromatic heterocycles. The van der Waals surface area contributed by atoms with E-state index in [1.165, 1.54) is 17.0 Å². The van der Waals surface area contributed by atoms with E-state index in [4.69, 9.17) is 5.73 Å². The van der Waals surface area contributed by atoms with Gasteiger partial charge in [-0.05, 0) is 19.9 Å². The van der Waals surface area contributed by atoms with Crippen molar-refractivity contribution >= 4 is 17.0 Å². The van der Waals surface area contributed by atoms with E-state index in [1.54, 1.807) is 33.2 Å². The lowest BCUT2D eigenvalue weighted by molar-refractivity contribution is 0.480. The van der Waals surface area contributed by atoms with E-state index >= 15 is 0 Å². The van der Waals surface area contributed by atoms with Crippen molar-refractivity contribution in [3.8, 4) is 11.4 Å². The summed E-state index contributed by atoms with van der Waals surface area (Å²) < 4.78 is 1.45. The molecule has 0 unspecified atom stereocenters. The molecule has 2 rings (SSSR count). The van der Waals surface area contributed by atoms with Crippen LogP contribution in [0, 0.1) is 0 Å². The van der Waals surface area contributed by atoms with Crippen LogP contribution in [0.2, 0.25) is 0 Å². The summed E-state index contributed by atoms with van der Waals surface area (Å²) in [4.78, 5) is 24.2. The molecule has 0 radical (unpaired) electrons. The summed E-state index contributed by atoms with van der Waals surface area (Å²) in [6, 6.07) is 3.15. The first kappa shape index (κ1) is 15.5. The lowest BCUT2D eigenvalue weighted by Gasteiger charge is -2.21. The van der Waals surface area contributed by atoms with Crippen LogP contribution in [0.4, 0.5) is 0 Å². The van der Waals surface area contributed by atoms with Crippen LogP contribution in [0.25, 0.3) is 11.4 Å². The van der Waals surface area contributed by atoms with E-state index in [0.717, 1.165) is 0 Å². The van der Waals surface area contributed by atoms with E-state index < -0.39 is 5.54 Å². The number of nitrogens with two attached hydrogens (primary N) is 1. The minimum Gasteiger partial charge on any atom is -0.319 e. The molecule has 2 N–H and O–H groups in total. The first-order valence-corrected chi connectivity index (χ1v) is 5.53. The Morgan fingerprint density at radius 2 is 2.00 bits per heavy atom. The molecule has 0 saturated carbocycles. The standard InChI is InChI=1S/C12H15N5O.BrH/c1-12(2,13)11-16-9(6-10(18)17(11)3)8-4-5-14-7-15-8;/h4-7H,13H2,1-3H3;1H. The molecule has 2 heterocycles. The highest BCUT2D eigenvalue weighted by Gasteiger charge is 2.21. The summed E-state index contributed by atoms with van der Waals surface area (Å²) in [5.74, 6) is 0.517. The third-order valence-electron chi connectivity index (χ3n) is 2.56. The van der Waals surface area contributed by atoms with Gasteiger partial charge in [0, 0.05) is 19.3 Å². The quantitative estimate of drug-likeness (QED) is 0.890. The number of aromatic nitrogens is 4. The van der Waals surface area contributed by atoms with Crippen LogP contribution in [0.3, 0.4) is 0 Å². The molecule has 2 aromatic rings. The fraction of sp³-hybridized carbons (Fsp3) is 0.333. The van der Waals surface area contributed by atoms with Gasteiger partial charge in [0.1, 0.15) is 12.2 Å². The molecule has 0 saturated heterocycles. The fourth-order valence-electron chi connectivity index (χ4n) is 1.69. The second-order valence-corrected chi connectivity index (χ2v) is 4.68. The van der Waals surface area contributed by atoms with Crippen molar-refractivity contribution in [1.29, 1.82) is 0 Å². The molecule has 0 spiro atoms. The van der Waals surface area contributed by atoms with E-state index in [1.807, 2.05) is 0 Å². The van der Waals surface area contributed by atoms with Crippen LogP contribution < -0.4 is 11.3 Å². The van der Waals surface area contributed by atoms with Gasteiger partial charge in [0.25, 0.3) is 5.56 Å². The Balaban J connectivity index is 0.00000180. The Kier molecular flexibility index (Phi) is 4.54. The van der Waals surface area contributed by atoms with Crippen molar-refractivity contribution in [1.82, 2.24) is 19.5 Å². The van der Waals surface area contributed by atoms with Crippen LogP contribution >= 0.6 is 17.0 Å². The average Bonchev–Trinajstić information content (AvgIpc) is 2.32. The van der Waals surface area contributed by atoms with Crippen molar-refractivity contribution in [3.05, 3.63) is 40.8 Å². The Morgan fingerprint density at radius 1 is 1.32 bits per heavy atom. The Morgan fingerprint density at radius 3 is 2.53 bits per heavy atom. The normalized spacial score (nSPS) is 10.9. The summed E-state index contributed by atoms with van der Waals surface area (Å²) in [6.45, 7) is 3.61. The molecule has 0 aliphatic rings. The number of hydrogen-bond acceptors (Lipinski definition) is 5. The molecule has 0 amide bonds. The van der Waals surface area contributed by atoms with Gasteiger partial charge in [0.2, 0.25) is 0 Å². The van der Waals surface area contributed by atoms with Crippen LogP contribution in [0.1, 0.15) is 19.7 Å². The van der Waals surface area contributed by atoms with Gasteiger partial charge < -0.3 is 5.73 Å². The first-order chi connectivity index (χ1) is 8.39. The maximum Gasteiger partial charge on any atom is 0.253 e. The topological polar surface area (TPSA) is 86.7 Å². The second kappa shape index (κ2) is 5.58. The number of rotatable bonds is 2. The number of nitrogens with zero attached hydrogens (tertiary/aromatic N) is 4. The zero-order chi connectivity index (χ0) is 13.3. The SMILES string of the molecule is Br.Cn1c(C(C)(C)N)nc(-c2ccncn2)cc1=O. The van der Waals surface area contributed by atoms with Gasteiger partial charge >= 0.3 is 0 Å². The molecule has 102 valence electrons. The molecule has 0 aliphatic heterocycles. The third-order valence-corrected chi connectivity index (χ3v) is 2.56. The summed E-state index contributed by atoms with van der Waals surface area (Å²) in [5.41, 5.74) is 6.27. The van der Waals surface area contributed by atoms with Gasteiger partial charge in [-0.2, -0.15) is 0 Å². The summed E-state index contributed by atoms with van der Waals surface area (Å²) in [7, 11) is 1.66. The Labute approximate surface area is 121 Å². The summed E-state index contributed by atoms with van der Waals surface area (Å²) in [6.07, 6.45) is 3.02. The Hall–Kier alpha value is -1.60. The fourth-order valence-corrected chi connectivity index (χ4v) is 1.69. The highest BCUT2D eigenvalue weighted by molar-refractivity contribution is 8.93. The second-order valence-electron chi connectivity index (χ2n) is 4.68. The van der Waals surface area contributed by atoms with Crippen LogP contribution in [-0.2, 0) is 12.6 Å². The zero-order valence-corrected chi connectivity index (χ0v) is 12.7. The van der Waals surface area contributed by atoms with E-state index in [9.17, 15) is 4.79 Å². The van der Waals surface area contributed by atoms with Crippen molar-refractivity contribution in [2.45, 2.75) is 19.4 Å². The van der Waals surface area contributed by atoms with Gasteiger partial charge in [-0.1, -0.05) is 0 Å². The highest BCUT2D eigenvalue weighted by atomic mass is 79.9. The zero-order valence-electron chi connectivity index (χ0n) is 11.0. The smallest absolute Gasteiger partial charge is 0.253 e. The Bertz CT molecular complexity index is 618. The van der Waals surface area contributed by atoms with Crippen molar-refractivity contribution < 1.29 is 0 Å².